The number of fused-ring (bicyclic) bond motifs is 1. The zero-order chi connectivity index (χ0) is 20.0. The lowest BCUT2D eigenvalue weighted by Crippen LogP contribution is -2.32. The molecule has 0 aliphatic carbocycles. The van der Waals surface area contributed by atoms with Crippen LogP contribution < -0.4 is 15.8 Å². The first kappa shape index (κ1) is 17.8. The summed E-state index contributed by atoms with van der Waals surface area (Å²) < 4.78 is 28.4. The van der Waals surface area contributed by atoms with Crippen molar-refractivity contribution in [3.05, 3.63) is 69.6 Å². The van der Waals surface area contributed by atoms with E-state index in [1.165, 1.54) is 4.90 Å². The van der Waals surface area contributed by atoms with Gasteiger partial charge >= 0.3 is 6.03 Å². The van der Waals surface area contributed by atoms with E-state index in [0.717, 1.165) is 12.1 Å². The molecule has 1 saturated heterocycles. The number of carbonyl (C=O) groups is 2. The van der Waals surface area contributed by atoms with E-state index in [9.17, 15) is 23.2 Å². The molecule has 0 bridgehead atoms. The van der Waals surface area contributed by atoms with Crippen molar-refractivity contribution >= 4 is 28.4 Å². The first-order chi connectivity index (χ1) is 13.4. The van der Waals surface area contributed by atoms with Crippen LogP contribution in [-0.4, -0.2) is 28.2 Å². The van der Waals surface area contributed by atoms with E-state index >= 15 is 0 Å². The quantitative estimate of drug-likeness (QED) is 0.677. The summed E-state index contributed by atoms with van der Waals surface area (Å²) in [6.45, 7) is 1.60. The maximum absolute atomic E-state index is 14.3. The number of hydrogen-bond donors (Lipinski definition) is 2. The van der Waals surface area contributed by atoms with Gasteiger partial charge in [-0.25, -0.2) is 18.7 Å². The van der Waals surface area contributed by atoms with Crippen molar-refractivity contribution in [1.82, 2.24) is 15.5 Å². The molecule has 3 amide bonds. The number of imide groups is 1. The fourth-order valence-corrected chi connectivity index (χ4v) is 3.33. The number of amides is 3. The molecular formula is C19H14F2N4O3. The lowest BCUT2D eigenvalue weighted by atomic mass is 10.0. The van der Waals surface area contributed by atoms with Crippen molar-refractivity contribution < 1.29 is 18.4 Å². The molecule has 28 heavy (non-hydrogen) atoms. The van der Waals surface area contributed by atoms with Crippen LogP contribution in [0, 0.1) is 11.6 Å². The second-order valence-corrected chi connectivity index (χ2v) is 6.47. The van der Waals surface area contributed by atoms with E-state index in [4.69, 9.17) is 0 Å². The second kappa shape index (κ2) is 6.52. The lowest BCUT2D eigenvalue weighted by molar-refractivity contribution is -0.119. The summed E-state index contributed by atoms with van der Waals surface area (Å²) in [5.74, 6) is -1.99. The van der Waals surface area contributed by atoms with E-state index in [2.05, 4.69) is 15.5 Å². The maximum Gasteiger partial charge on any atom is 0.329 e. The summed E-state index contributed by atoms with van der Waals surface area (Å²) in [5, 5.41) is 7.73. The number of rotatable bonds is 3. The molecule has 0 spiro atoms. The normalized spacial score (nSPS) is 16.7. The fraction of sp³-hybridized carbons (Fsp3) is 0.158. The fourth-order valence-electron chi connectivity index (χ4n) is 3.33. The number of H-pyrrole nitrogens is 1. The molecule has 3 aromatic rings. The third-order valence-corrected chi connectivity index (χ3v) is 4.69. The van der Waals surface area contributed by atoms with Crippen LogP contribution in [0.5, 0.6) is 0 Å². The average molecular weight is 384 g/mol. The minimum Gasteiger partial charge on any atom is -0.282 e. The molecule has 9 heteroatoms. The second-order valence-electron chi connectivity index (χ2n) is 6.47. The van der Waals surface area contributed by atoms with Crippen LogP contribution in [0.1, 0.15) is 18.2 Å². The zero-order valence-corrected chi connectivity index (χ0v) is 14.6. The van der Waals surface area contributed by atoms with Gasteiger partial charge in [-0.05, 0) is 36.8 Å². The first-order valence-electron chi connectivity index (χ1n) is 8.45. The summed E-state index contributed by atoms with van der Waals surface area (Å²) >= 11 is 0. The Morgan fingerprint density at radius 3 is 2.46 bits per heavy atom. The van der Waals surface area contributed by atoms with Crippen LogP contribution in [0.25, 0.3) is 10.8 Å². The highest BCUT2D eigenvalue weighted by Gasteiger charge is 2.35. The van der Waals surface area contributed by atoms with Gasteiger partial charge in [-0.1, -0.05) is 12.1 Å². The Bertz CT molecular complexity index is 1190. The van der Waals surface area contributed by atoms with Crippen molar-refractivity contribution in [3.63, 3.8) is 0 Å². The molecule has 2 aromatic carbocycles. The number of aromatic amines is 1. The van der Waals surface area contributed by atoms with Gasteiger partial charge in [-0.2, -0.15) is 5.10 Å². The maximum atomic E-state index is 14.3. The number of anilines is 1. The van der Waals surface area contributed by atoms with E-state index < -0.39 is 35.2 Å². The number of nitrogens with zero attached hydrogens (tertiary/aromatic N) is 2. The number of urea groups is 1. The molecule has 1 fully saturated rings. The highest BCUT2D eigenvalue weighted by Crippen LogP contribution is 2.26. The summed E-state index contributed by atoms with van der Waals surface area (Å²) in [6, 6.07) is 7.36. The van der Waals surface area contributed by atoms with Crippen LogP contribution in [0.4, 0.5) is 19.3 Å². The minimum atomic E-state index is -0.837. The predicted molar refractivity (Wildman–Crippen MR) is 97.0 cm³/mol. The Kier molecular flexibility index (Phi) is 4.14. The smallest absolute Gasteiger partial charge is 0.282 e. The average Bonchev–Trinajstić information content (AvgIpc) is 2.92. The van der Waals surface area contributed by atoms with Gasteiger partial charge in [0.25, 0.3) is 11.5 Å². The Hall–Kier alpha value is -3.62. The van der Waals surface area contributed by atoms with Crippen LogP contribution in [-0.2, 0) is 11.2 Å². The third kappa shape index (κ3) is 2.81. The monoisotopic (exact) mass is 384 g/mol. The molecule has 4 rings (SSSR count). The molecule has 0 radical (unpaired) electrons. The summed E-state index contributed by atoms with van der Waals surface area (Å²) in [4.78, 5) is 36.9. The molecule has 2 heterocycles. The molecule has 1 aromatic heterocycles. The van der Waals surface area contributed by atoms with Crippen LogP contribution in [0.15, 0.2) is 41.2 Å². The van der Waals surface area contributed by atoms with E-state index in [1.54, 1.807) is 31.2 Å². The summed E-state index contributed by atoms with van der Waals surface area (Å²) in [7, 11) is 0. The molecule has 142 valence electrons. The third-order valence-electron chi connectivity index (χ3n) is 4.69. The topological polar surface area (TPSA) is 95.2 Å². The minimum absolute atomic E-state index is 0.0826. The molecule has 7 nitrogen and oxygen atoms in total. The van der Waals surface area contributed by atoms with Crippen molar-refractivity contribution in [2.45, 2.75) is 19.4 Å². The molecule has 1 atom stereocenters. The molecule has 0 saturated carbocycles. The SMILES string of the molecule is CC1C(=O)NC(=O)N1c1cccc(Cc2n[nH]c(=O)c3c(F)ccc(F)c23)c1. The van der Waals surface area contributed by atoms with E-state index in [0.29, 0.717) is 11.3 Å². The predicted octanol–water partition coefficient (Wildman–Crippen LogP) is 2.24. The Morgan fingerprint density at radius 1 is 1.07 bits per heavy atom. The Morgan fingerprint density at radius 2 is 1.79 bits per heavy atom. The number of aromatic nitrogens is 2. The molecule has 2 N–H and O–H groups in total. The first-order valence-corrected chi connectivity index (χ1v) is 8.45. The van der Waals surface area contributed by atoms with Gasteiger partial charge in [-0.15, -0.1) is 0 Å². The molecule has 1 unspecified atom stereocenters. The highest BCUT2D eigenvalue weighted by molar-refractivity contribution is 6.14. The van der Waals surface area contributed by atoms with Gasteiger partial charge in [0, 0.05) is 17.5 Å². The molecular weight excluding hydrogens is 370 g/mol. The number of nitrogens with one attached hydrogen (secondary N) is 2. The van der Waals surface area contributed by atoms with Gasteiger partial charge < -0.3 is 0 Å². The largest absolute Gasteiger partial charge is 0.329 e. The van der Waals surface area contributed by atoms with Gasteiger partial charge in [-0.3, -0.25) is 19.8 Å². The highest BCUT2D eigenvalue weighted by atomic mass is 19.1. The zero-order valence-electron chi connectivity index (χ0n) is 14.6. The Balaban J connectivity index is 1.77. The van der Waals surface area contributed by atoms with Crippen molar-refractivity contribution in [3.8, 4) is 0 Å². The van der Waals surface area contributed by atoms with Gasteiger partial charge in [0.2, 0.25) is 0 Å². The van der Waals surface area contributed by atoms with Crippen molar-refractivity contribution in [1.29, 1.82) is 0 Å². The van der Waals surface area contributed by atoms with Crippen LogP contribution in [0.3, 0.4) is 0 Å². The van der Waals surface area contributed by atoms with Crippen molar-refractivity contribution in [2.24, 2.45) is 0 Å². The van der Waals surface area contributed by atoms with Crippen LogP contribution in [0.2, 0.25) is 0 Å². The lowest BCUT2D eigenvalue weighted by Gasteiger charge is -2.19. The van der Waals surface area contributed by atoms with Gasteiger partial charge in [0.15, 0.2) is 0 Å². The summed E-state index contributed by atoms with van der Waals surface area (Å²) in [5.41, 5.74) is 0.458. The number of carbonyl (C=O) groups excluding carboxylic acids is 2. The standard InChI is InChI=1S/C19H14F2N4O3/c1-9-17(26)22-19(28)25(9)11-4-2-3-10(7-11)8-14-15-12(20)5-6-13(21)16(15)18(27)24-23-14/h2-7,9H,8H2,1H3,(H,24,27)(H,22,26,28). The van der Waals surface area contributed by atoms with Crippen molar-refractivity contribution in [2.75, 3.05) is 4.90 Å². The number of benzene rings is 2. The number of hydrogen-bond acceptors (Lipinski definition) is 4. The van der Waals surface area contributed by atoms with Crippen LogP contribution >= 0.6 is 0 Å². The van der Waals surface area contributed by atoms with E-state index in [-0.39, 0.29) is 22.9 Å². The van der Waals surface area contributed by atoms with Gasteiger partial charge in [0.05, 0.1) is 11.1 Å². The summed E-state index contributed by atoms with van der Waals surface area (Å²) in [6.07, 6.45) is 0.0826. The molecule has 1 aliphatic heterocycles. The number of halogens is 2. The van der Waals surface area contributed by atoms with E-state index in [1.807, 2.05) is 0 Å². The Labute approximate surface area is 157 Å². The molecule has 1 aliphatic rings. The van der Waals surface area contributed by atoms with Gasteiger partial charge in [0.1, 0.15) is 17.7 Å².